The maximum absolute atomic E-state index is 13.2. The van der Waals surface area contributed by atoms with Crippen molar-refractivity contribution < 1.29 is 20.5 Å². The molecule has 2 heterocycles. The van der Waals surface area contributed by atoms with Crippen LogP contribution in [0.25, 0.3) is 11.1 Å². The zero-order valence-electron chi connectivity index (χ0n) is 18.8. The quantitative estimate of drug-likeness (QED) is 0.629. The van der Waals surface area contributed by atoms with Crippen LogP contribution in [0.15, 0.2) is 54.6 Å². The lowest BCUT2D eigenvalue weighted by Crippen LogP contribution is -2.28. The number of pyridine rings is 1. The lowest BCUT2D eigenvalue weighted by atomic mass is 9.94. The molecule has 1 aliphatic heterocycles. The molecule has 7 heteroatoms. The van der Waals surface area contributed by atoms with E-state index in [1.165, 1.54) is 0 Å². The Morgan fingerprint density at radius 1 is 1.00 bits per heavy atom. The van der Waals surface area contributed by atoms with Crippen LogP contribution in [0.5, 0.6) is 11.5 Å². The molecule has 0 saturated heterocycles. The fraction of sp³-hybridized carbons (Fsp3) is 0.269. The minimum absolute atomic E-state index is 0. The van der Waals surface area contributed by atoms with Gasteiger partial charge in [0, 0.05) is 32.3 Å². The van der Waals surface area contributed by atoms with Crippen LogP contribution in [0, 0.1) is 6.92 Å². The van der Waals surface area contributed by atoms with E-state index in [0.29, 0.717) is 22.9 Å². The zero-order valence-corrected chi connectivity index (χ0v) is 18.8. The van der Waals surface area contributed by atoms with Crippen molar-refractivity contribution in [1.29, 1.82) is 0 Å². The van der Waals surface area contributed by atoms with E-state index in [0.717, 1.165) is 35.2 Å². The van der Waals surface area contributed by atoms with Crippen LogP contribution in [-0.2, 0) is 10.2 Å². The molecule has 1 aromatic heterocycles. The monoisotopic (exact) mass is 445 g/mol. The fourth-order valence-corrected chi connectivity index (χ4v) is 4.19. The number of aryl methyl sites for hydroxylation is 1. The van der Waals surface area contributed by atoms with Crippen LogP contribution >= 0.6 is 0 Å². The van der Waals surface area contributed by atoms with Crippen LogP contribution in [-0.4, -0.2) is 42.6 Å². The van der Waals surface area contributed by atoms with E-state index in [-0.39, 0.29) is 20.0 Å². The average molecular weight is 446 g/mol. The van der Waals surface area contributed by atoms with Gasteiger partial charge in [-0.05, 0) is 67.3 Å². The van der Waals surface area contributed by atoms with Crippen LogP contribution in [0.2, 0.25) is 0 Å². The molecule has 1 aliphatic carbocycles. The zero-order chi connectivity index (χ0) is 23.2. The van der Waals surface area contributed by atoms with Gasteiger partial charge in [-0.3, -0.25) is 9.59 Å². The van der Waals surface area contributed by atoms with E-state index in [4.69, 9.17) is 9.47 Å². The number of amides is 2. The molecular formula is C26H27N3O4. The largest absolute Gasteiger partial charge is 0.454 e. The molecule has 7 nitrogen and oxygen atoms in total. The number of ether oxygens (including phenoxy) is 2. The Kier molecular flexibility index (Phi) is 5.04. The highest BCUT2D eigenvalue weighted by Crippen LogP contribution is 2.51. The summed E-state index contributed by atoms with van der Waals surface area (Å²) in [6.45, 7) is 2.12. The molecule has 2 aliphatic rings. The molecule has 5 rings (SSSR count). The van der Waals surface area contributed by atoms with Crippen molar-refractivity contribution in [2.45, 2.75) is 25.2 Å². The van der Waals surface area contributed by atoms with Crippen molar-refractivity contribution in [2.24, 2.45) is 0 Å². The van der Waals surface area contributed by atoms with Gasteiger partial charge in [0.2, 0.25) is 12.7 Å². The van der Waals surface area contributed by atoms with Gasteiger partial charge in [0.05, 0.1) is 5.41 Å². The first-order valence-electron chi connectivity index (χ1n) is 10.9. The van der Waals surface area contributed by atoms with E-state index in [9.17, 15) is 9.59 Å². The number of rotatable bonds is 5. The van der Waals surface area contributed by atoms with Gasteiger partial charge in [0.15, 0.2) is 11.5 Å². The highest BCUT2D eigenvalue weighted by atomic mass is 16.7. The minimum atomic E-state index is -0.552. The Labute approximate surface area is 193 Å². The first-order chi connectivity index (χ1) is 15.9. The van der Waals surface area contributed by atoms with Crippen molar-refractivity contribution in [2.75, 3.05) is 26.2 Å². The molecule has 0 bridgehead atoms. The maximum atomic E-state index is 13.2. The molecule has 170 valence electrons. The Morgan fingerprint density at radius 3 is 2.39 bits per heavy atom. The van der Waals surface area contributed by atoms with Crippen molar-refractivity contribution in [1.82, 2.24) is 9.88 Å². The molecule has 2 amide bonds. The molecule has 0 atom stereocenters. The Balaban J connectivity index is 0.00000274. The Bertz CT molecular complexity index is 1250. The molecule has 3 aromatic rings. The van der Waals surface area contributed by atoms with Crippen LogP contribution in [0.3, 0.4) is 0 Å². The van der Waals surface area contributed by atoms with Crippen LogP contribution in [0.1, 0.15) is 35.9 Å². The average Bonchev–Trinajstić information content (AvgIpc) is 3.49. The topological polar surface area (TPSA) is 80.8 Å². The molecule has 1 saturated carbocycles. The maximum Gasteiger partial charge on any atom is 0.253 e. The number of aromatic nitrogens is 1. The van der Waals surface area contributed by atoms with Gasteiger partial charge >= 0.3 is 0 Å². The van der Waals surface area contributed by atoms with Crippen molar-refractivity contribution >= 4 is 17.6 Å². The predicted octanol–water partition coefficient (Wildman–Crippen LogP) is 4.40. The Hall–Kier alpha value is -3.87. The summed E-state index contributed by atoms with van der Waals surface area (Å²) < 4.78 is 10.9. The van der Waals surface area contributed by atoms with Gasteiger partial charge in [0.25, 0.3) is 5.91 Å². The van der Waals surface area contributed by atoms with Gasteiger partial charge in [-0.1, -0.05) is 18.2 Å². The molecule has 2 aromatic carbocycles. The van der Waals surface area contributed by atoms with Gasteiger partial charge in [-0.25, -0.2) is 4.98 Å². The summed E-state index contributed by atoms with van der Waals surface area (Å²) in [5.41, 5.74) is 3.74. The van der Waals surface area contributed by atoms with Crippen LogP contribution in [0.4, 0.5) is 5.82 Å². The molecule has 0 unspecified atom stereocenters. The van der Waals surface area contributed by atoms with E-state index in [1.807, 2.05) is 61.5 Å². The lowest BCUT2D eigenvalue weighted by Gasteiger charge is -2.17. The van der Waals surface area contributed by atoms with Crippen molar-refractivity contribution in [3.05, 3.63) is 71.4 Å². The second-order valence-corrected chi connectivity index (χ2v) is 8.71. The number of nitrogens with zero attached hydrogens (tertiary/aromatic N) is 2. The number of fused-ring (bicyclic) bond motifs is 1. The smallest absolute Gasteiger partial charge is 0.253 e. The van der Waals surface area contributed by atoms with Crippen molar-refractivity contribution in [3.8, 4) is 22.6 Å². The Morgan fingerprint density at radius 2 is 1.73 bits per heavy atom. The highest BCUT2D eigenvalue weighted by Gasteiger charge is 2.51. The fourth-order valence-electron chi connectivity index (χ4n) is 4.19. The first kappa shape index (κ1) is 21.0. The molecule has 0 spiro atoms. The molecule has 0 radical (unpaired) electrons. The third kappa shape index (κ3) is 3.80. The third-order valence-corrected chi connectivity index (χ3v) is 6.29. The highest BCUT2D eigenvalue weighted by molar-refractivity contribution is 6.01. The molecule has 1 fully saturated rings. The summed E-state index contributed by atoms with van der Waals surface area (Å²) in [4.78, 5) is 31.4. The molecule has 1 N–H and O–H groups in total. The summed E-state index contributed by atoms with van der Waals surface area (Å²) in [6.07, 6.45) is 1.57. The van der Waals surface area contributed by atoms with E-state index < -0.39 is 5.41 Å². The van der Waals surface area contributed by atoms with E-state index >= 15 is 0 Å². The number of hydrogen-bond acceptors (Lipinski definition) is 5. The van der Waals surface area contributed by atoms with Gasteiger partial charge < -0.3 is 19.7 Å². The predicted molar refractivity (Wildman–Crippen MR) is 127 cm³/mol. The second kappa shape index (κ2) is 7.92. The number of nitrogens with one attached hydrogen (secondary N) is 1. The number of anilines is 1. The summed E-state index contributed by atoms with van der Waals surface area (Å²) in [5, 5.41) is 2.99. The standard InChI is InChI=1S/C26H25N3O4.H2/c1-16-20(17-4-6-18(7-5-17)24(30)29(2)3)9-11-23(27-16)28-25(31)26(12-13-26)19-8-10-21-22(14-19)33-15-32-21;/h4-11,14H,12-13,15H2,1-3H3,(H,27,28,31);1H. The number of benzene rings is 2. The van der Waals surface area contributed by atoms with E-state index in [1.54, 1.807) is 19.0 Å². The SMILES string of the molecule is Cc1nc(NC(=O)C2(c3ccc4c(c3)OCO4)CC2)ccc1-c1ccc(C(=O)N(C)C)cc1.[HH]. The molecule has 33 heavy (non-hydrogen) atoms. The summed E-state index contributed by atoms with van der Waals surface area (Å²) >= 11 is 0. The number of carbonyl (C=O) groups is 2. The summed E-state index contributed by atoms with van der Waals surface area (Å²) in [5.74, 6) is 1.82. The summed E-state index contributed by atoms with van der Waals surface area (Å²) in [7, 11) is 3.46. The third-order valence-electron chi connectivity index (χ3n) is 6.29. The normalized spacial score (nSPS) is 15.1. The number of hydrogen-bond donors (Lipinski definition) is 1. The van der Waals surface area contributed by atoms with Gasteiger partial charge in [-0.15, -0.1) is 0 Å². The van der Waals surface area contributed by atoms with Gasteiger partial charge in [-0.2, -0.15) is 0 Å². The van der Waals surface area contributed by atoms with E-state index in [2.05, 4.69) is 10.3 Å². The van der Waals surface area contributed by atoms with Crippen LogP contribution < -0.4 is 14.8 Å². The molecular weight excluding hydrogens is 418 g/mol. The second-order valence-electron chi connectivity index (χ2n) is 8.71. The van der Waals surface area contributed by atoms with Gasteiger partial charge in [0.1, 0.15) is 5.82 Å². The summed E-state index contributed by atoms with van der Waals surface area (Å²) in [6, 6.07) is 16.9. The van der Waals surface area contributed by atoms with Crippen molar-refractivity contribution in [3.63, 3.8) is 0 Å². The lowest BCUT2D eigenvalue weighted by molar-refractivity contribution is -0.118. The first-order valence-corrected chi connectivity index (χ1v) is 10.9. The minimum Gasteiger partial charge on any atom is -0.454 e. The number of carbonyl (C=O) groups excluding carboxylic acids is 2.